The summed E-state index contributed by atoms with van der Waals surface area (Å²) in [4.78, 5) is 38.2. The number of nitrogens with zero attached hydrogens (tertiary/aromatic N) is 1. The van der Waals surface area contributed by atoms with Crippen molar-refractivity contribution in [3.63, 3.8) is 0 Å². The summed E-state index contributed by atoms with van der Waals surface area (Å²) in [7, 11) is 4.44. The van der Waals surface area contributed by atoms with Crippen molar-refractivity contribution in [2.75, 3.05) is 33.2 Å². The second-order valence-corrected chi connectivity index (χ2v) is 6.74. The van der Waals surface area contributed by atoms with Crippen LogP contribution in [0, 0.1) is 6.92 Å². The Bertz CT molecular complexity index is 1020. The molecule has 0 atom stereocenters. The predicted octanol–water partition coefficient (Wildman–Crippen LogP) is 2.55. The lowest BCUT2D eigenvalue weighted by Crippen LogP contribution is -2.38. The molecule has 2 aromatic rings. The standard InChI is InChI=1S/C22H23N3O6/c1-13-5-7-14(8-6-13)23-20(26)12-25-21(27)17(24-22(25)28)11-16-18(30-3)9-15(29-2)10-19(16)31-4/h5-11H,12H2,1-4H3,(H,23,26)(H,24,28). The van der Waals surface area contributed by atoms with Crippen molar-refractivity contribution in [2.24, 2.45) is 0 Å². The van der Waals surface area contributed by atoms with Gasteiger partial charge in [-0.05, 0) is 25.1 Å². The lowest BCUT2D eigenvalue weighted by molar-refractivity contribution is -0.127. The van der Waals surface area contributed by atoms with Gasteiger partial charge in [0.25, 0.3) is 5.91 Å². The van der Waals surface area contributed by atoms with Crippen molar-refractivity contribution in [3.8, 4) is 17.2 Å². The number of hydrogen-bond donors (Lipinski definition) is 2. The number of anilines is 1. The summed E-state index contributed by atoms with van der Waals surface area (Å²) in [5, 5.41) is 5.15. The maximum atomic E-state index is 12.8. The topological polar surface area (TPSA) is 106 Å². The van der Waals surface area contributed by atoms with Crippen LogP contribution < -0.4 is 24.8 Å². The van der Waals surface area contributed by atoms with E-state index in [0.717, 1.165) is 10.5 Å². The van der Waals surface area contributed by atoms with E-state index in [4.69, 9.17) is 14.2 Å². The van der Waals surface area contributed by atoms with E-state index in [-0.39, 0.29) is 5.70 Å². The minimum atomic E-state index is -0.693. The van der Waals surface area contributed by atoms with E-state index in [0.29, 0.717) is 28.5 Å². The molecular formula is C22H23N3O6. The summed E-state index contributed by atoms with van der Waals surface area (Å²) in [5.41, 5.74) is 2.06. The number of benzene rings is 2. The first kappa shape index (κ1) is 21.7. The minimum absolute atomic E-state index is 0.00472. The van der Waals surface area contributed by atoms with Gasteiger partial charge in [-0.2, -0.15) is 0 Å². The molecule has 0 aromatic heterocycles. The SMILES string of the molecule is COc1cc(OC)c(C=C2NC(=O)N(CC(=O)Nc3ccc(C)cc3)C2=O)c(OC)c1. The lowest BCUT2D eigenvalue weighted by Gasteiger charge is -2.13. The zero-order chi connectivity index (χ0) is 22.5. The molecule has 0 spiro atoms. The maximum Gasteiger partial charge on any atom is 0.329 e. The molecule has 1 saturated heterocycles. The summed E-state index contributed by atoms with van der Waals surface area (Å²) < 4.78 is 15.9. The molecule has 0 unspecified atom stereocenters. The van der Waals surface area contributed by atoms with Crippen LogP contribution >= 0.6 is 0 Å². The number of carbonyl (C=O) groups is 3. The van der Waals surface area contributed by atoms with Crippen LogP contribution in [0.3, 0.4) is 0 Å². The van der Waals surface area contributed by atoms with E-state index in [1.165, 1.54) is 27.4 Å². The molecule has 1 heterocycles. The monoisotopic (exact) mass is 425 g/mol. The Labute approximate surface area is 179 Å². The first-order valence-electron chi connectivity index (χ1n) is 9.37. The number of urea groups is 1. The van der Waals surface area contributed by atoms with E-state index in [2.05, 4.69) is 10.6 Å². The molecule has 31 heavy (non-hydrogen) atoms. The van der Waals surface area contributed by atoms with Crippen molar-refractivity contribution >= 4 is 29.6 Å². The van der Waals surface area contributed by atoms with Crippen LogP contribution in [0.2, 0.25) is 0 Å². The fraction of sp³-hybridized carbons (Fsp3) is 0.227. The third-order valence-electron chi connectivity index (χ3n) is 4.64. The molecule has 0 aliphatic carbocycles. The number of ether oxygens (including phenoxy) is 3. The van der Waals surface area contributed by atoms with Gasteiger partial charge in [-0.15, -0.1) is 0 Å². The highest BCUT2D eigenvalue weighted by Gasteiger charge is 2.35. The van der Waals surface area contributed by atoms with Gasteiger partial charge in [0.15, 0.2) is 0 Å². The summed E-state index contributed by atoms with van der Waals surface area (Å²) in [6.07, 6.45) is 1.44. The lowest BCUT2D eigenvalue weighted by atomic mass is 10.1. The van der Waals surface area contributed by atoms with Gasteiger partial charge in [0.05, 0.1) is 26.9 Å². The number of methoxy groups -OCH3 is 3. The molecule has 2 N–H and O–H groups in total. The fourth-order valence-corrected chi connectivity index (χ4v) is 3.02. The number of amides is 4. The maximum absolute atomic E-state index is 12.8. The smallest absolute Gasteiger partial charge is 0.329 e. The Balaban J connectivity index is 1.80. The third-order valence-corrected chi connectivity index (χ3v) is 4.64. The van der Waals surface area contributed by atoms with Crippen molar-refractivity contribution in [2.45, 2.75) is 6.92 Å². The zero-order valence-corrected chi connectivity index (χ0v) is 17.6. The third kappa shape index (κ3) is 4.77. The van der Waals surface area contributed by atoms with Gasteiger partial charge < -0.3 is 24.8 Å². The molecule has 162 valence electrons. The van der Waals surface area contributed by atoms with E-state index in [9.17, 15) is 14.4 Å². The number of aryl methyl sites for hydroxylation is 1. The zero-order valence-electron chi connectivity index (χ0n) is 17.6. The van der Waals surface area contributed by atoms with Crippen LogP contribution in [0.15, 0.2) is 42.1 Å². The van der Waals surface area contributed by atoms with E-state index in [1.807, 2.05) is 19.1 Å². The van der Waals surface area contributed by atoms with Crippen molar-refractivity contribution < 1.29 is 28.6 Å². The Morgan fingerprint density at radius 1 is 1.03 bits per heavy atom. The van der Waals surface area contributed by atoms with Crippen LogP contribution in [0.5, 0.6) is 17.2 Å². The molecular weight excluding hydrogens is 402 g/mol. The second kappa shape index (κ2) is 9.21. The molecule has 2 aromatic carbocycles. The molecule has 0 saturated carbocycles. The first-order chi connectivity index (χ1) is 14.9. The summed E-state index contributed by atoms with van der Waals surface area (Å²) in [6, 6.07) is 9.74. The molecule has 3 rings (SSSR count). The number of carbonyl (C=O) groups excluding carboxylic acids is 3. The van der Waals surface area contributed by atoms with Crippen molar-refractivity contribution in [1.29, 1.82) is 0 Å². The van der Waals surface area contributed by atoms with Crippen LogP contribution in [-0.4, -0.2) is 50.6 Å². The van der Waals surface area contributed by atoms with Gasteiger partial charge >= 0.3 is 6.03 Å². The average molecular weight is 425 g/mol. The quantitative estimate of drug-likeness (QED) is 0.522. The van der Waals surface area contributed by atoms with Gasteiger partial charge in [0.2, 0.25) is 5.91 Å². The van der Waals surface area contributed by atoms with Crippen molar-refractivity contribution in [3.05, 3.63) is 53.2 Å². The highest BCUT2D eigenvalue weighted by molar-refractivity contribution is 6.16. The Morgan fingerprint density at radius 2 is 1.65 bits per heavy atom. The van der Waals surface area contributed by atoms with Gasteiger partial charge in [0, 0.05) is 17.8 Å². The van der Waals surface area contributed by atoms with Gasteiger partial charge in [-0.25, -0.2) is 9.69 Å². The molecule has 1 aliphatic rings. The molecule has 9 nitrogen and oxygen atoms in total. The minimum Gasteiger partial charge on any atom is -0.496 e. The Morgan fingerprint density at radius 3 is 2.19 bits per heavy atom. The predicted molar refractivity (Wildman–Crippen MR) is 114 cm³/mol. The van der Waals surface area contributed by atoms with E-state index >= 15 is 0 Å². The number of hydrogen-bond acceptors (Lipinski definition) is 6. The van der Waals surface area contributed by atoms with Gasteiger partial charge in [-0.1, -0.05) is 17.7 Å². The average Bonchev–Trinajstić information content (AvgIpc) is 3.02. The molecule has 4 amide bonds. The molecule has 0 radical (unpaired) electrons. The Kier molecular flexibility index (Phi) is 6.44. The van der Waals surface area contributed by atoms with Crippen LogP contribution in [0.1, 0.15) is 11.1 Å². The molecule has 0 bridgehead atoms. The van der Waals surface area contributed by atoms with Gasteiger partial charge in [0.1, 0.15) is 29.5 Å². The normalized spacial score (nSPS) is 14.5. The largest absolute Gasteiger partial charge is 0.496 e. The van der Waals surface area contributed by atoms with E-state index < -0.39 is 24.4 Å². The number of rotatable bonds is 7. The van der Waals surface area contributed by atoms with Gasteiger partial charge in [-0.3, -0.25) is 9.59 Å². The summed E-state index contributed by atoms with van der Waals surface area (Å²) in [5.74, 6) is 0.159. The van der Waals surface area contributed by atoms with Crippen LogP contribution in [0.25, 0.3) is 6.08 Å². The first-order valence-corrected chi connectivity index (χ1v) is 9.37. The van der Waals surface area contributed by atoms with Crippen LogP contribution in [0.4, 0.5) is 10.5 Å². The summed E-state index contributed by atoms with van der Waals surface area (Å²) in [6.45, 7) is 1.51. The highest BCUT2D eigenvalue weighted by atomic mass is 16.5. The van der Waals surface area contributed by atoms with E-state index in [1.54, 1.807) is 24.3 Å². The second-order valence-electron chi connectivity index (χ2n) is 6.74. The molecule has 9 heteroatoms. The molecule has 1 fully saturated rings. The summed E-state index contributed by atoms with van der Waals surface area (Å²) >= 11 is 0. The molecule has 1 aliphatic heterocycles. The van der Waals surface area contributed by atoms with Crippen molar-refractivity contribution in [1.82, 2.24) is 10.2 Å². The Hall–Kier alpha value is -4.01. The fourth-order valence-electron chi connectivity index (χ4n) is 3.02. The number of nitrogens with one attached hydrogen (secondary N) is 2. The highest BCUT2D eigenvalue weighted by Crippen LogP contribution is 2.36. The van der Waals surface area contributed by atoms with Crippen LogP contribution in [-0.2, 0) is 9.59 Å². The number of imide groups is 1.